The van der Waals surface area contributed by atoms with E-state index in [2.05, 4.69) is 0 Å². The van der Waals surface area contributed by atoms with Gasteiger partial charge in [0, 0.05) is 6.54 Å². The van der Waals surface area contributed by atoms with Crippen molar-refractivity contribution >= 4 is 21.7 Å². The van der Waals surface area contributed by atoms with E-state index >= 15 is 0 Å². The minimum atomic E-state index is -3.27. The number of nitrogens with two attached hydrogens (primary N) is 1. The van der Waals surface area contributed by atoms with E-state index in [9.17, 15) is 18.0 Å². The largest absolute Gasteiger partial charge is 0.481 e. The minimum Gasteiger partial charge on any atom is -0.481 e. The maximum absolute atomic E-state index is 11.7. The Balaban J connectivity index is 2.88. The first-order chi connectivity index (χ1) is 7.73. The Morgan fingerprint density at radius 3 is 2.59 bits per heavy atom. The zero-order chi connectivity index (χ0) is 13.2. The van der Waals surface area contributed by atoms with Gasteiger partial charge >= 0.3 is 5.97 Å². The molecule has 0 radical (unpaired) electrons. The van der Waals surface area contributed by atoms with Crippen LogP contribution in [0.5, 0.6) is 0 Å². The SMILES string of the molecule is C[C@@H](N)C(=O)N1CCS(=O)(=O)CC1CC(=O)O. The molecule has 8 heteroatoms. The highest BCUT2D eigenvalue weighted by Gasteiger charge is 2.36. The lowest BCUT2D eigenvalue weighted by Gasteiger charge is -2.35. The van der Waals surface area contributed by atoms with Crippen molar-refractivity contribution in [2.45, 2.75) is 25.4 Å². The number of aliphatic carboxylic acids is 1. The molecule has 0 saturated carbocycles. The van der Waals surface area contributed by atoms with Crippen molar-refractivity contribution in [3.63, 3.8) is 0 Å². The van der Waals surface area contributed by atoms with Gasteiger partial charge < -0.3 is 15.7 Å². The zero-order valence-corrected chi connectivity index (χ0v) is 10.3. The topological polar surface area (TPSA) is 118 Å². The van der Waals surface area contributed by atoms with Crippen LogP contribution in [-0.4, -0.2) is 60.4 Å². The Morgan fingerprint density at radius 1 is 1.53 bits per heavy atom. The molecule has 2 atom stereocenters. The first kappa shape index (κ1) is 13.9. The van der Waals surface area contributed by atoms with Gasteiger partial charge in [-0.3, -0.25) is 9.59 Å². The summed E-state index contributed by atoms with van der Waals surface area (Å²) in [4.78, 5) is 23.6. The highest BCUT2D eigenvalue weighted by molar-refractivity contribution is 7.91. The van der Waals surface area contributed by atoms with Crippen molar-refractivity contribution in [3.8, 4) is 0 Å². The third-order valence-electron chi connectivity index (χ3n) is 2.61. The maximum atomic E-state index is 11.7. The normalized spacial score (nSPS) is 25.3. The second kappa shape index (κ2) is 5.01. The third-order valence-corrected chi connectivity index (χ3v) is 4.31. The van der Waals surface area contributed by atoms with E-state index in [1.54, 1.807) is 0 Å². The minimum absolute atomic E-state index is 0.0145. The van der Waals surface area contributed by atoms with Crippen molar-refractivity contribution in [2.24, 2.45) is 5.73 Å². The van der Waals surface area contributed by atoms with Crippen LogP contribution in [0.2, 0.25) is 0 Å². The van der Waals surface area contributed by atoms with Gasteiger partial charge in [-0.25, -0.2) is 8.42 Å². The number of sulfone groups is 1. The quantitative estimate of drug-likeness (QED) is 0.636. The molecular formula is C9H16N2O5S. The molecule has 0 spiro atoms. The fourth-order valence-corrected chi connectivity index (χ4v) is 3.33. The molecule has 3 N–H and O–H groups in total. The number of amides is 1. The molecule has 0 aromatic carbocycles. The van der Waals surface area contributed by atoms with E-state index in [4.69, 9.17) is 10.8 Å². The number of carboxylic acid groups (broad SMARTS) is 1. The smallest absolute Gasteiger partial charge is 0.305 e. The summed E-state index contributed by atoms with van der Waals surface area (Å²) in [6.45, 7) is 1.50. The molecule has 1 unspecified atom stereocenters. The Bertz CT molecular complexity index is 417. The second-order valence-corrected chi connectivity index (χ2v) is 6.42. The van der Waals surface area contributed by atoms with E-state index in [1.807, 2.05) is 0 Å². The fourth-order valence-electron chi connectivity index (χ4n) is 1.81. The highest BCUT2D eigenvalue weighted by atomic mass is 32.2. The van der Waals surface area contributed by atoms with Crippen molar-refractivity contribution in [1.29, 1.82) is 0 Å². The molecule has 17 heavy (non-hydrogen) atoms. The summed E-state index contributed by atoms with van der Waals surface area (Å²) < 4.78 is 22.8. The average molecular weight is 264 g/mol. The van der Waals surface area contributed by atoms with Gasteiger partial charge in [0.05, 0.1) is 30.0 Å². The van der Waals surface area contributed by atoms with Crippen molar-refractivity contribution in [3.05, 3.63) is 0 Å². The van der Waals surface area contributed by atoms with Crippen LogP contribution in [0.25, 0.3) is 0 Å². The van der Waals surface area contributed by atoms with Crippen LogP contribution in [0.1, 0.15) is 13.3 Å². The van der Waals surface area contributed by atoms with Gasteiger partial charge in [0.2, 0.25) is 5.91 Å². The first-order valence-electron chi connectivity index (χ1n) is 5.21. The number of carbonyl (C=O) groups excluding carboxylic acids is 1. The molecule has 1 heterocycles. The number of carboxylic acids is 1. The highest BCUT2D eigenvalue weighted by Crippen LogP contribution is 2.15. The van der Waals surface area contributed by atoms with Gasteiger partial charge in [-0.1, -0.05) is 0 Å². The summed E-state index contributed by atoms with van der Waals surface area (Å²) >= 11 is 0. The lowest BCUT2D eigenvalue weighted by Crippen LogP contribution is -2.55. The maximum Gasteiger partial charge on any atom is 0.305 e. The molecule has 0 bridgehead atoms. The van der Waals surface area contributed by atoms with E-state index in [0.29, 0.717) is 0 Å². The van der Waals surface area contributed by atoms with E-state index in [-0.39, 0.29) is 24.5 Å². The third kappa shape index (κ3) is 3.67. The first-order valence-corrected chi connectivity index (χ1v) is 7.03. The summed E-state index contributed by atoms with van der Waals surface area (Å²) in [5, 5.41) is 8.71. The lowest BCUT2D eigenvalue weighted by molar-refractivity contribution is -0.140. The van der Waals surface area contributed by atoms with Gasteiger partial charge in [0.15, 0.2) is 9.84 Å². The van der Waals surface area contributed by atoms with E-state index in [0.717, 1.165) is 0 Å². The van der Waals surface area contributed by atoms with Crippen LogP contribution >= 0.6 is 0 Å². The average Bonchev–Trinajstić information content (AvgIpc) is 2.14. The Kier molecular flexibility index (Phi) is 4.10. The lowest BCUT2D eigenvalue weighted by atomic mass is 10.1. The molecule has 1 amide bonds. The zero-order valence-electron chi connectivity index (χ0n) is 9.50. The summed E-state index contributed by atoms with van der Waals surface area (Å²) in [7, 11) is -3.27. The fraction of sp³-hybridized carbons (Fsp3) is 0.778. The summed E-state index contributed by atoms with van der Waals surface area (Å²) in [5.41, 5.74) is 5.44. The van der Waals surface area contributed by atoms with Gasteiger partial charge in [0.1, 0.15) is 0 Å². The monoisotopic (exact) mass is 264 g/mol. The molecule has 0 aromatic rings. The van der Waals surface area contributed by atoms with Crippen LogP contribution in [-0.2, 0) is 19.4 Å². The van der Waals surface area contributed by atoms with Crippen LogP contribution in [0, 0.1) is 0 Å². The molecule has 1 rings (SSSR count). The van der Waals surface area contributed by atoms with E-state index in [1.165, 1.54) is 11.8 Å². The predicted octanol–water partition coefficient (Wildman–Crippen LogP) is -1.57. The summed E-state index contributed by atoms with van der Waals surface area (Å²) in [6.07, 6.45) is -0.377. The Labute approximate surface area is 99.5 Å². The Hall–Kier alpha value is -1.15. The Morgan fingerprint density at radius 2 is 2.12 bits per heavy atom. The molecular weight excluding hydrogens is 248 g/mol. The summed E-state index contributed by atoms with van der Waals surface area (Å²) in [6, 6.07) is -1.57. The molecule has 1 aliphatic rings. The number of hydrogen-bond acceptors (Lipinski definition) is 5. The number of carbonyl (C=O) groups is 2. The standard InChI is InChI=1S/C9H16N2O5S/c1-6(10)9(14)11-2-3-17(15,16)5-7(11)4-8(12)13/h6-7H,2-5,10H2,1H3,(H,12,13)/t6-,7?/m1/s1. The van der Waals surface area contributed by atoms with Crippen LogP contribution in [0.4, 0.5) is 0 Å². The van der Waals surface area contributed by atoms with Crippen LogP contribution in [0.15, 0.2) is 0 Å². The van der Waals surface area contributed by atoms with Crippen molar-refractivity contribution < 1.29 is 23.1 Å². The van der Waals surface area contributed by atoms with Gasteiger partial charge in [0.25, 0.3) is 0 Å². The molecule has 1 aliphatic heterocycles. The second-order valence-electron chi connectivity index (χ2n) is 4.19. The number of hydrogen-bond donors (Lipinski definition) is 2. The molecule has 1 saturated heterocycles. The molecule has 1 fully saturated rings. The van der Waals surface area contributed by atoms with Crippen LogP contribution in [0.3, 0.4) is 0 Å². The van der Waals surface area contributed by atoms with Crippen molar-refractivity contribution in [1.82, 2.24) is 4.90 Å². The number of nitrogens with zero attached hydrogens (tertiary/aromatic N) is 1. The molecule has 0 aromatic heterocycles. The molecule has 0 aliphatic carbocycles. The van der Waals surface area contributed by atoms with Crippen molar-refractivity contribution in [2.75, 3.05) is 18.1 Å². The van der Waals surface area contributed by atoms with Gasteiger partial charge in [-0.05, 0) is 6.92 Å². The van der Waals surface area contributed by atoms with Gasteiger partial charge in [-0.15, -0.1) is 0 Å². The van der Waals surface area contributed by atoms with E-state index < -0.39 is 33.8 Å². The summed E-state index contributed by atoms with van der Waals surface area (Å²) in [5.74, 6) is -1.99. The molecule has 7 nitrogen and oxygen atoms in total. The number of rotatable bonds is 3. The van der Waals surface area contributed by atoms with Crippen LogP contribution < -0.4 is 5.73 Å². The predicted molar refractivity (Wildman–Crippen MR) is 60.1 cm³/mol. The molecule has 98 valence electrons. The van der Waals surface area contributed by atoms with Gasteiger partial charge in [-0.2, -0.15) is 0 Å².